The summed E-state index contributed by atoms with van der Waals surface area (Å²) in [5.74, 6) is 0.546. The molecule has 0 fully saturated rings. The van der Waals surface area contributed by atoms with E-state index in [4.69, 9.17) is 5.10 Å². The predicted molar refractivity (Wildman–Crippen MR) is 118 cm³/mol. The molecule has 5 nitrogen and oxygen atoms in total. The third kappa shape index (κ3) is 5.92. The van der Waals surface area contributed by atoms with Gasteiger partial charge in [0.25, 0.3) is 0 Å². The van der Waals surface area contributed by atoms with Gasteiger partial charge in [-0.05, 0) is 56.9 Å². The molecule has 1 heterocycles. The normalized spacial score (nSPS) is 16.6. The van der Waals surface area contributed by atoms with Crippen molar-refractivity contribution in [3.8, 4) is 0 Å². The summed E-state index contributed by atoms with van der Waals surface area (Å²) in [6, 6.07) is 7.28. The van der Waals surface area contributed by atoms with Crippen molar-refractivity contribution < 1.29 is 4.39 Å². The third-order valence-corrected chi connectivity index (χ3v) is 4.62. The predicted octanol–water partition coefficient (Wildman–Crippen LogP) is 3.83. The second kappa shape index (κ2) is 10.1. The van der Waals surface area contributed by atoms with E-state index in [0.29, 0.717) is 18.6 Å². The highest BCUT2D eigenvalue weighted by atomic mass is 127. The van der Waals surface area contributed by atoms with Crippen molar-refractivity contribution in [2.45, 2.75) is 58.7 Å². The summed E-state index contributed by atoms with van der Waals surface area (Å²) in [4.78, 5) is 4.61. The van der Waals surface area contributed by atoms with Gasteiger partial charge in [-0.1, -0.05) is 12.1 Å². The number of aliphatic imine (C=N–C) groups is 1. The summed E-state index contributed by atoms with van der Waals surface area (Å²) in [6.45, 7) is 7.58. The first kappa shape index (κ1) is 21.7. The summed E-state index contributed by atoms with van der Waals surface area (Å²) in [5.41, 5.74) is 3.41. The van der Waals surface area contributed by atoms with Gasteiger partial charge < -0.3 is 10.6 Å². The lowest BCUT2D eigenvalue weighted by Gasteiger charge is -2.24. The minimum Gasteiger partial charge on any atom is -0.357 e. The number of rotatable bonds is 5. The van der Waals surface area contributed by atoms with Crippen LogP contribution in [0, 0.1) is 5.82 Å². The van der Waals surface area contributed by atoms with Gasteiger partial charge in [0, 0.05) is 31.2 Å². The number of fused-ring (bicyclic) bond motifs is 1. The van der Waals surface area contributed by atoms with Crippen LogP contribution in [-0.2, 0) is 19.4 Å². The van der Waals surface area contributed by atoms with E-state index in [0.717, 1.165) is 37.3 Å². The van der Waals surface area contributed by atoms with Crippen LogP contribution < -0.4 is 10.6 Å². The van der Waals surface area contributed by atoms with Crippen LogP contribution >= 0.6 is 24.0 Å². The lowest BCUT2D eigenvalue weighted by molar-refractivity contribution is 0.499. The Morgan fingerprint density at radius 3 is 2.93 bits per heavy atom. The molecule has 0 saturated carbocycles. The maximum Gasteiger partial charge on any atom is 0.191 e. The minimum atomic E-state index is -0.226. The average molecular weight is 485 g/mol. The summed E-state index contributed by atoms with van der Waals surface area (Å²) >= 11 is 0. The van der Waals surface area contributed by atoms with Crippen molar-refractivity contribution in [3.05, 3.63) is 53.1 Å². The van der Waals surface area contributed by atoms with E-state index in [9.17, 15) is 4.39 Å². The Bertz CT molecular complexity index is 771. The molecule has 0 amide bonds. The van der Waals surface area contributed by atoms with E-state index >= 15 is 0 Å². The number of nitrogens with zero attached hydrogens (tertiary/aromatic N) is 3. The van der Waals surface area contributed by atoms with Gasteiger partial charge in [-0.2, -0.15) is 5.10 Å². The SMILES string of the molecule is CCNC(=NCc1cccc(F)c1)NC1CCc2cn(C(C)C)nc2C1.I. The molecule has 1 aromatic heterocycles. The third-order valence-electron chi connectivity index (χ3n) is 4.62. The van der Waals surface area contributed by atoms with Crippen LogP contribution in [0.5, 0.6) is 0 Å². The molecule has 0 spiro atoms. The molecule has 0 saturated heterocycles. The van der Waals surface area contributed by atoms with Gasteiger partial charge in [0.1, 0.15) is 5.82 Å². The first-order chi connectivity index (χ1) is 12.5. The number of benzene rings is 1. The fourth-order valence-electron chi connectivity index (χ4n) is 3.22. The Morgan fingerprint density at radius 1 is 1.41 bits per heavy atom. The quantitative estimate of drug-likeness (QED) is 0.385. The van der Waals surface area contributed by atoms with Crippen molar-refractivity contribution in [3.63, 3.8) is 0 Å². The largest absolute Gasteiger partial charge is 0.357 e. The van der Waals surface area contributed by atoms with Crippen LogP contribution in [0.3, 0.4) is 0 Å². The topological polar surface area (TPSA) is 54.2 Å². The Balaban J connectivity index is 0.00000261. The molecule has 3 rings (SSSR count). The van der Waals surface area contributed by atoms with Gasteiger partial charge in [-0.3, -0.25) is 4.68 Å². The van der Waals surface area contributed by atoms with Gasteiger partial charge >= 0.3 is 0 Å². The van der Waals surface area contributed by atoms with E-state index in [1.54, 1.807) is 6.07 Å². The first-order valence-corrected chi connectivity index (χ1v) is 9.41. The van der Waals surface area contributed by atoms with E-state index < -0.39 is 0 Å². The second-order valence-corrected chi connectivity index (χ2v) is 7.08. The zero-order valence-corrected chi connectivity index (χ0v) is 18.5. The fourth-order valence-corrected chi connectivity index (χ4v) is 3.22. The Hall–Kier alpha value is -1.64. The van der Waals surface area contributed by atoms with Crippen molar-refractivity contribution in [2.75, 3.05) is 6.54 Å². The fraction of sp³-hybridized carbons (Fsp3) is 0.500. The summed E-state index contributed by atoms with van der Waals surface area (Å²) in [7, 11) is 0. The Kier molecular flexibility index (Phi) is 8.07. The molecule has 2 aromatic rings. The van der Waals surface area contributed by atoms with Crippen LogP contribution in [0.2, 0.25) is 0 Å². The smallest absolute Gasteiger partial charge is 0.191 e. The van der Waals surface area contributed by atoms with Crippen LogP contribution in [0.1, 0.15) is 50.1 Å². The van der Waals surface area contributed by atoms with Crippen LogP contribution in [0.4, 0.5) is 4.39 Å². The molecule has 2 N–H and O–H groups in total. The molecule has 0 radical (unpaired) electrons. The summed E-state index contributed by atoms with van der Waals surface area (Å²) in [5, 5.41) is 11.5. The van der Waals surface area contributed by atoms with Gasteiger partial charge in [0.05, 0.1) is 12.2 Å². The minimum absolute atomic E-state index is 0. The number of nitrogens with one attached hydrogen (secondary N) is 2. The molecule has 1 unspecified atom stereocenters. The zero-order valence-electron chi connectivity index (χ0n) is 16.2. The molecule has 148 valence electrons. The maximum absolute atomic E-state index is 13.3. The van der Waals surface area contributed by atoms with Gasteiger partial charge in [-0.15, -0.1) is 24.0 Å². The van der Waals surface area contributed by atoms with Gasteiger partial charge in [0.15, 0.2) is 5.96 Å². The number of aromatic nitrogens is 2. The van der Waals surface area contributed by atoms with Crippen molar-refractivity contribution in [1.82, 2.24) is 20.4 Å². The molecule has 1 aliphatic carbocycles. The molecule has 1 aromatic carbocycles. The molecule has 0 bridgehead atoms. The Morgan fingerprint density at radius 2 is 2.22 bits per heavy atom. The molecular weight excluding hydrogens is 456 g/mol. The Labute approximate surface area is 177 Å². The summed E-state index contributed by atoms with van der Waals surface area (Å²) < 4.78 is 15.4. The van der Waals surface area contributed by atoms with Crippen LogP contribution in [0.25, 0.3) is 0 Å². The summed E-state index contributed by atoms with van der Waals surface area (Å²) in [6.07, 6.45) is 5.17. The van der Waals surface area contributed by atoms with Gasteiger partial charge in [-0.25, -0.2) is 9.38 Å². The monoisotopic (exact) mass is 485 g/mol. The standard InChI is InChI=1S/C20H28FN5.HI/c1-4-22-20(23-12-15-6-5-7-17(21)10-15)24-18-9-8-16-13-26(14(2)3)25-19(16)11-18;/h5-7,10,13-14,18H,4,8-9,11-12H2,1-3H3,(H2,22,23,24);1H. The molecule has 0 aliphatic heterocycles. The van der Waals surface area contributed by atoms with E-state index in [2.05, 4.69) is 40.4 Å². The molecule has 7 heteroatoms. The molecule has 1 atom stereocenters. The maximum atomic E-state index is 13.3. The number of aryl methyl sites for hydroxylation is 1. The highest BCUT2D eigenvalue weighted by Crippen LogP contribution is 2.21. The number of guanidine groups is 1. The van der Waals surface area contributed by atoms with Crippen molar-refractivity contribution >= 4 is 29.9 Å². The zero-order chi connectivity index (χ0) is 18.5. The molecule has 27 heavy (non-hydrogen) atoms. The van der Waals surface area contributed by atoms with Crippen LogP contribution in [-0.4, -0.2) is 28.3 Å². The number of hydrogen-bond acceptors (Lipinski definition) is 2. The highest BCUT2D eigenvalue weighted by molar-refractivity contribution is 14.0. The second-order valence-electron chi connectivity index (χ2n) is 7.08. The van der Waals surface area contributed by atoms with Crippen molar-refractivity contribution in [2.24, 2.45) is 4.99 Å². The van der Waals surface area contributed by atoms with Gasteiger partial charge in [0.2, 0.25) is 0 Å². The highest BCUT2D eigenvalue weighted by Gasteiger charge is 2.23. The first-order valence-electron chi connectivity index (χ1n) is 9.41. The van der Waals surface area contributed by atoms with E-state index in [1.165, 1.54) is 23.4 Å². The lowest BCUT2D eigenvalue weighted by atomic mass is 9.94. The average Bonchev–Trinajstić information content (AvgIpc) is 3.04. The number of halogens is 2. The lowest BCUT2D eigenvalue weighted by Crippen LogP contribution is -2.45. The van der Waals surface area contributed by atoms with Crippen molar-refractivity contribution in [1.29, 1.82) is 0 Å². The van der Waals surface area contributed by atoms with E-state index in [-0.39, 0.29) is 29.8 Å². The number of hydrogen-bond donors (Lipinski definition) is 2. The van der Waals surface area contributed by atoms with Crippen LogP contribution in [0.15, 0.2) is 35.5 Å². The molecule has 1 aliphatic rings. The molecular formula is C20H29FIN5. The van der Waals surface area contributed by atoms with E-state index in [1.807, 2.05) is 13.0 Å².